The molecule has 2 heteroatoms. The van der Waals surface area contributed by atoms with Gasteiger partial charge in [0.15, 0.2) is 0 Å². The highest BCUT2D eigenvalue weighted by Gasteiger charge is 1.96. The molecule has 0 rings (SSSR count). The van der Waals surface area contributed by atoms with Crippen LogP contribution in [0.5, 0.6) is 0 Å². The number of hydrogen-bond donors (Lipinski definition) is 1. The summed E-state index contributed by atoms with van der Waals surface area (Å²) in [6.07, 6.45) is 1.41. The highest BCUT2D eigenvalue weighted by Crippen LogP contribution is 1.94. The van der Waals surface area contributed by atoms with Crippen LogP contribution in [-0.2, 0) is 4.74 Å². The minimum atomic E-state index is -0.171. The zero-order valence-corrected chi connectivity index (χ0v) is 5.55. The van der Waals surface area contributed by atoms with Gasteiger partial charge < -0.3 is 9.84 Å². The van der Waals surface area contributed by atoms with Crippen LogP contribution >= 0.6 is 0 Å². The molecule has 0 fully saturated rings. The Bertz CT molecular complexity index is 45.8. The Labute approximate surface area is 50.5 Å². The van der Waals surface area contributed by atoms with Crippen molar-refractivity contribution in [3.63, 3.8) is 0 Å². The molecule has 0 aromatic carbocycles. The van der Waals surface area contributed by atoms with E-state index < -0.39 is 0 Å². The fraction of sp³-hybridized carbons (Fsp3) is 1.00. The number of aliphatic hydroxyl groups is 1. The lowest BCUT2D eigenvalue weighted by atomic mass is 10.2. The molecule has 1 atom stereocenters. The van der Waals surface area contributed by atoms with Gasteiger partial charge in [-0.05, 0) is 12.8 Å². The van der Waals surface area contributed by atoms with Gasteiger partial charge >= 0.3 is 0 Å². The van der Waals surface area contributed by atoms with E-state index in [1.165, 1.54) is 0 Å². The van der Waals surface area contributed by atoms with Gasteiger partial charge in [0, 0.05) is 13.7 Å². The maximum atomic E-state index is 8.91. The number of aliphatic hydroxyl groups excluding tert-OH is 1. The van der Waals surface area contributed by atoms with Gasteiger partial charge in [0.25, 0.3) is 0 Å². The Kier molecular flexibility index (Phi) is 5.01. The monoisotopic (exact) mass is 118 g/mol. The molecule has 0 bridgehead atoms. The molecule has 8 heavy (non-hydrogen) atoms. The molecular weight excluding hydrogens is 104 g/mol. The maximum Gasteiger partial charge on any atom is 0.0559 e. The molecule has 0 saturated carbocycles. The molecule has 0 spiro atoms. The van der Waals surface area contributed by atoms with Gasteiger partial charge in [-0.2, -0.15) is 0 Å². The third-order valence-corrected chi connectivity index (χ3v) is 1.13. The molecule has 0 amide bonds. The first kappa shape index (κ1) is 7.92. The van der Waals surface area contributed by atoms with E-state index in [1.807, 2.05) is 6.92 Å². The van der Waals surface area contributed by atoms with Crippen molar-refractivity contribution in [2.24, 2.45) is 0 Å². The second-order valence-corrected chi connectivity index (χ2v) is 1.84. The van der Waals surface area contributed by atoms with Gasteiger partial charge in [-0.15, -0.1) is 0 Å². The predicted octanol–water partition coefficient (Wildman–Crippen LogP) is 0.794. The fourth-order valence-corrected chi connectivity index (χ4v) is 0.458. The quantitative estimate of drug-likeness (QED) is 0.591. The van der Waals surface area contributed by atoms with Crippen molar-refractivity contribution in [2.75, 3.05) is 13.7 Å². The summed E-state index contributed by atoms with van der Waals surface area (Å²) in [6.45, 7) is 2.62. The van der Waals surface area contributed by atoms with E-state index in [1.54, 1.807) is 7.11 Å². The Balaban J connectivity index is 2.86. The van der Waals surface area contributed by atoms with E-state index in [2.05, 4.69) is 0 Å². The zero-order chi connectivity index (χ0) is 6.41. The Morgan fingerprint density at radius 1 is 1.62 bits per heavy atom. The standard InChI is InChI=1S/C6H14O2/c1-3-6(7)4-5-8-2/h6-7H,3-5H2,1-2H3/t6-/m0/s1. The average molecular weight is 118 g/mol. The van der Waals surface area contributed by atoms with Gasteiger partial charge in [-0.1, -0.05) is 6.92 Å². The second kappa shape index (κ2) is 5.06. The van der Waals surface area contributed by atoms with Crippen LogP contribution < -0.4 is 0 Å². The van der Waals surface area contributed by atoms with E-state index in [-0.39, 0.29) is 6.10 Å². The molecule has 0 saturated heterocycles. The van der Waals surface area contributed by atoms with Crippen molar-refractivity contribution in [1.29, 1.82) is 0 Å². The van der Waals surface area contributed by atoms with Gasteiger partial charge in [-0.3, -0.25) is 0 Å². The van der Waals surface area contributed by atoms with E-state index >= 15 is 0 Å². The Morgan fingerprint density at radius 3 is 2.62 bits per heavy atom. The normalized spacial score (nSPS) is 13.9. The number of hydrogen-bond acceptors (Lipinski definition) is 2. The fourth-order valence-electron chi connectivity index (χ4n) is 0.458. The molecule has 0 aliphatic rings. The topological polar surface area (TPSA) is 29.5 Å². The summed E-state index contributed by atoms with van der Waals surface area (Å²) in [6, 6.07) is 0. The van der Waals surface area contributed by atoms with Crippen molar-refractivity contribution in [1.82, 2.24) is 0 Å². The van der Waals surface area contributed by atoms with Crippen LogP contribution in [0.1, 0.15) is 19.8 Å². The molecular formula is C6H14O2. The van der Waals surface area contributed by atoms with E-state index in [0.717, 1.165) is 12.8 Å². The van der Waals surface area contributed by atoms with Gasteiger partial charge in [-0.25, -0.2) is 0 Å². The summed E-state index contributed by atoms with van der Waals surface area (Å²) in [4.78, 5) is 0. The zero-order valence-electron chi connectivity index (χ0n) is 5.55. The average Bonchev–Trinajstić information content (AvgIpc) is 1.83. The number of methoxy groups -OCH3 is 1. The smallest absolute Gasteiger partial charge is 0.0559 e. The van der Waals surface area contributed by atoms with Crippen molar-refractivity contribution in [3.8, 4) is 0 Å². The highest BCUT2D eigenvalue weighted by atomic mass is 16.5. The minimum Gasteiger partial charge on any atom is -0.393 e. The molecule has 0 aromatic heterocycles. The third-order valence-electron chi connectivity index (χ3n) is 1.13. The third kappa shape index (κ3) is 4.09. The molecule has 0 aliphatic carbocycles. The molecule has 50 valence electrons. The summed E-state index contributed by atoms with van der Waals surface area (Å²) < 4.78 is 4.75. The lowest BCUT2D eigenvalue weighted by Crippen LogP contribution is -2.07. The Morgan fingerprint density at radius 2 is 2.25 bits per heavy atom. The first-order valence-corrected chi connectivity index (χ1v) is 2.98. The van der Waals surface area contributed by atoms with Crippen LogP contribution in [0.15, 0.2) is 0 Å². The van der Waals surface area contributed by atoms with Gasteiger partial charge in [0.05, 0.1) is 6.10 Å². The van der Waals surface area contributed by atoms with Crippen LogP contribution in [0.25, 0.3) is 0 Å². The molecule has 0 aliphatic heterocycles. The summed E-state index contributed by atoms with van der Waals surface area (Å²) >= 11 is 0. The maximum absolute atomic E-state index is 8.91. The van der Waals surface area contributed by atoms with Gasteiger partial charge in [0.2, 0.25) is 0 Å². The van der Waals surface area contributed by atoms with Crippen molar-refractivity contribution < 1.29 is 9.84 Å². The molecule has 0 unspecified atom stereocenters. The van der Waals surface area contributed by atoms with Crippen LogP contribution in [0, 0.1) is 0 Å². The predicted molar refractivity (Wildman–Crippen MR) is 32.8 cm³/mol. The first-order chi connectivity index (χ1) is 3.81. The van der Waals surface area contributed by atoms with E-state index in [4.69, 9.17) is 9.84 Å². The van der Waals surface area contributed by atoms with Crippen LogP contribution in [0.3, 0.4) is 0 Å². The van der Waals surface area contributed by atoms with Crippen LogP contribution in [-0.4, -0.2) is 24.9 Å². The lowest BCUT2D eigenvalue weighted by molar-refractivity contribution is 0.107. The lowest BCUT2D eigenvalue weighted by Gasteiger charge is -2.04. The molecule has 0 aromatic rings. The van der Waals surface area contributed by atoms with Crippen molar-refractivity contribution in [2.45, 2.75) is 25.9 Å². The second-order valence-electron chi connectivity index (χ2n) is 1.84. The summed E-state index contributed by atoms with van der Waals surface area (Å²) in [5.41, 5.74) is 0. The highest BCUT2D eigenvalue weighted by molar-refractivity contribution is 4.49. The largest absolute Gasteiger partial charge is 0.393 e. The SMILES string of the molecule is CC[C@H](O)CCOC. The summed E-state index contributed by atoms with van der Waals surface area (Å²) in [5, 5.41) is 8.91. The number of ether oxygens (including phenoxy) is 1. The minimum absolute atomic E-state index is 0.171. The van der Waals surface area contributed by atoms with Crippen molar-refractivity contribution >= 4 is 0 Å². The van der Waals surface area contributed by atoms with E-state index in [0.29, 0.717) is 6.61 Å². The summed E-state index contributed by atoms with van der Waals surface area (Å²) in [5.74, 6) is 0. The van der Waals surface area contributed by atoms with E-state index in [9.17, 15) is 0 Å². The first-order valence-electron chi connectivity index (χ1n) is 2.98. The summed E-state index contributed by atoms with van der Waals surface area (Å²) in [7, 11) is 1.64. The number of rotatable bonds is 4. The molecule has 0 heterocycles. The van der Waals surface area contributed by atoms with Crippen LogP contribution in [0.4, 0.5) is 0 Å². The Hall–Kier alpha value is -0.0800. The molecule has 2 nitrogen and oxygen atoms in total. The van der Waals surface area contributed by atoms with Gasteiger partial charge in [0.1, 0.15) is 0 Å². The van der Waals surface area contributed by atoms with Crippen molar-refractivity contribution in [3.05, 3.63) is 0 Å². The van der Waals surface area contributed by atoms with Crippen LogP contribution in [0.2, 0.25) is 0 Å². The molecule has 0 radical (unpaired) electrons. The molecule has 1 N–H and O–H groups in total.